The van der Waals surface area contributed by atoms with E-state index in [4.69, 9.17) is 22.7 Å². The Balaban J connectivity index is 4.50. The van der Waals surface area contributed by atoms with Gasteiger partial charge in [0.15, 0.2) is 5.11 Å². The summed E-state index contributed by atoms with van der Waals surface area (Å²) in [7, 11) is 0. The summed E-state index contributed by atoms with van der Waals surface area (Å²) in [5.74, 6) is 0. The fraction of sp³-hybridized carbons (Fsp3) is 0.800. The minimum Gasteiger partial charge on any atom is -0.443 e. The molecule has 3 N–H and O–H groups in total. The minimum absolute atomic E-state index is 0.0582. The van der Waals surface area contributed by atoms with Crippen LogP contribution >= 0.6 is 12.2 Å². The van der Waals surface area contributed by atoms with Crippen LogP contribution in [0.2, 0.25) is 0 Å². The summed E-state index contributed by atoms with van der Waals surface area (Å²) in [5.41, 5.74) is 4.78. The van der Waals surface area contributed by atoms with Gasteiger partial charge in [-0.1, -0.05) is 0 Å². The van der Waals surface area contributed by atoms with Gasteiger partial charge in [0, 0.05) is 19.6 Å². The third-order valence-corrected chi connectivity index (χ3v) is 1.95. The number of carbonyl (C=O) groups is 1. The van der Waals surface area contributed by atoms with Gasteiger partial charge in [0.25, 0.3) is 0 Å². The molecule has 0 aromatic rings. The Morgan fingerprint density at radius 2 is 2.12 bits per heavy atom. The van der Waals surface area contributed by atoms with E-state index in [0.29, 0.717) is 0 Å². The number of nitrogens with one attached hydrogen (secondary N) is 1. The average molecular weight is 265 g/mol. The highest BCUT2D eigenvalue weighted by Gasteiger charge is 2.24. The molecule has 1 amide bonds. The van der Waals surface area contributed by atoms with E-state index < -0.39 is 18.4 Å². The van der Waals surface area contributed by atoms with E-state index in [2.05, 4.69) is 5.32 Å². The second-order valence-electron chi connectivity index (χ2n) is 4.34. The van der Waals surface area contributed by atoms with Crippen LogP contribution in [0.5, 0.6) is 0 Å². The van der Waals surface area contributed by atoms with Crippen molar-refractivity contribution < 1.29 is 13.9 Å². The quantitative estimate of drug-likeness (QED) is 0.743. The Morgan fingerprint density at radius 1 is 1.53 bits per heavy atom. The van der Waals surface area contributed by atoms with Crippen molar-refractivity contribution in [3.63, 3.8) is 0 Å². The lowest BCUT2D eigenvalue weighted by atomic mass is 10.2. The molecule has 100 valence electrons. The first-order chi connectivity index (χ1) is 7.81. The van der Waals surface area contributed by atoms with Crippen LogP contribution in [0.1, 0.15) is 20.8 Å². The van der Waals surface area contributed by atoms with Crippen LogP contribution in [0, 0.1) is 0 Å². The number of alkyl halides is 1. The smallest absolute Gasteiger partial charge is 0.416 e. The van der Waals surface area contributed by atoms with Gasteiger partial charge in [0.2, 0.25) is 0 Å². The number of hydrogen-bond acceptors (Lipinski definition) is 4. The molecule has 0 rings (SSSR count). The van der Waals surface area contributed by atoms with E-state index in [-0.39, 0.29) is 24.7 Å². The number of hydrogen-bond donors (Lipinski definition) is 2. The highest BCUT2D eigenvalue weighted by molar-refractivity contribution is 7.80. The molecule has 7 heteroatoms. The van der Waals surface area contributed by atoms with Crippen LogP contribution in [0.15, 0.2) is 0 Å². The molecule has 0 saturated heterocycles. The van der Waals surface area contributed by atoms with Gasteiger partial charge in [-0.3, -0.25) is 4.90 Å². The van der Waals surface area contributed by atoms with Gasteiger partial charge in [0.1, 0.15) is 12.3 Å². The van der Waals surface area contributed by atoms with Crippen LogP contribution < -0.4 is 11.1 Å². The largest absolute Gasteiger partial charge is 0.443 e. The summed E-state index contributed by atoms with van der Waals surface area (Å²) >= 11 is 4.96. The molecule has 0 aliphatic rings. The molecular weight excluding hydrogens is 245 g/mol. The molecule has 0 saturated carbocycles. The highest BCUT2D eigenvalue weighted by Crippen LogP contribution is 2.09. The summed E-state index contributed by atoms with van der Waals surface area (Å²) in [4.78, 5) is 13.0. The fourth-order valence-electron chi connectivity index (χ4n) is 0.971. The van der Waals surface area contributed by atoms with E-state index in [0.717, 1.165) is 0 Å². The molecule has 0 spiro atoms. The SMILES string of the molecule is CC(C)(C)OC(=O)N(CCN)C(=S)NCCF. The molecule has 0 aliphatic heterocycles. The summed E-state index contributed by atoms with van der Waals surface area (Å²) < 4.78 is 17.2. The molecule has 0 bridgehead atoms. The maximum atomic E-state index is 12.0. The second kappa shape index (κ2) is 7.39. The lowest BCUT2D eigenvalue weighted by molar-refractivity contribution is 0.0372. The maximum Gasteiger partial charge on any atom is 0.416 e. The zero-order valence-electron chi connectivity index (χ0n) is 10.5. The Hall–Kier alpha value is -0.950. The number of thiocarbonyl (C=S) groups is 1. The number of amides is 1. The van der Waals surface area contributed by atoms with E-state index in [1.807, 2.05) is 0 Å². The molecule has 0 radical (unpaired) electrons. The van der Waals surface area contributed by atoms with Gasteiger partial charge >= 0.3 is 6.09 Å². The van der Waals surface area contributed by atoms with Gasteiger partial charge in [-0.2, -0.15) is 0 Å². The van der Waals surface area contributed by atoms with Gasteiger partial charge in [-0.05, 0) is 33.0 Å². The minimum atomic E-state index is -0.611. The van der Waals surface area contributed by atoms with Gasteiger partial charge in [-0.25, -0.2) is 9.18 Å². The second-order valence-corrected chi connectivity index (χ2v) is 4.73. The number of rotatable bonds is 4. The van der Waals surface area contributed by atoms with E-state index in [1.165, 1.54) is 4.90 Å². The van der Waals surface area contributed by atoms with Crippen molar-refractivity contribution in [3.05, 3.63) is 0 Å². The van der Waals surface area contributed by atoms with Crippen LogP contribution in [-0.4, -0.2) is 48.0 Å². The molecule has 5 nitrogen and oxygen atoms in total. The number of halogens is 1. The summed E-state index contributed by atoms with van der Waals surface area (Å²) in [6, 6.07) is 0. The van der Waals surface area contributed by atoms with E-state index in [1.54, 1.807) is 20.8 Å². The summed E-state index contributed by atoms with van der Waals surface area (Å²) in [6.45, 7) is 5.23. The standard InChI is InChI=1S/C10H20FN3O2S/c1-10(2,3)16-9(15)14(7-5-12)8(17)13-6-4-11/h4-7,12H2,1-3H3,(H,13,17). The third-order valence-electron chi connectivity index (χ3n) is 1.58. The number of nitrogens with zero attached hydrogens (tertiary/aromatic N) is 1. The Morgan fingerprint density at radius 3 is 2.53 bits per heavy atom. The monoisotopic (exact) mass is 265 g/mol. The molecule has 0 aliphatic carbocycles. The third kappa shape index (κ3) is 7.06. The van der Waals surface area contributed by atoms with Crippen molar-refractivity contribution in [2.75, 3.05) is 26.3 Å². The molecule has 0 unspecified atom stereocenters. The summed E-state index contributed by atoms with van der Waals surface area (Å²) in [6.07, 6.45) is -0.584. The van der Waals surface area contributed by atoms with E-state index in [9.17, 15) is 9.18 Å². The maximum absolute atomic E-state index is 12.0. The normalized spacial score (nSPS) is 10.9. The lowest BCUT2D eigenvalue weighted by Gasteiger charge is -2.27. The predicted molar refractivity (Wildman–Crippen MR) is 68.6 cm³/mol. The van der Waals surface area contributed by atoms with Crippen molar-refractivity contribution in [1.29, 1.82) is 0 Å². The Labute approximate surface area is 106 Å². The Kier molecular flexibility index (Phi) is 6.98. The van der Waals surface area contributed by atoms with Crippen LogP contribution in [0.3, 0.4) is 0 Å². The predicted octanol–water partition coefficient (Wildman–Crippen LogP) is 1.03. The first-order valence-electron chi connectivity index (χ1n) is 5.36. The van der Waals surface area contributed by atoms with Crippen molar-refractivity contribution >= 4 is 23.4 Å². The van der Waals surface area contributed by atoms with Gasteiger partial charge in [0.05, 0.1) is 0 Å². The average Bonchev–Trinajstić information content (AvgIpc) is 2.19. The molecule has 0 aromatic heterocycles. The topological polar surface area (TPSA) is 67.6 Å². The van der Waals surface area contributed by atoms with Crippen molar-refractivity contribution in [1.82, 2.24) is 10.2 Å². The van der Waals surface area contributed by atoms with Crippen molar-refractivity contribution in [2.24, 2.45) is 5.73 Å². The van der Waals surface area contributed by atoms with Crippen LogP contribution in [0.25, 0.3) is 0 Å². The van der Waals surface area contributed by atoms with Gasteiger partial charge < -0.3 is 15.8 Å². The van der Waals surface area contributed by atoms with Crippen molar-refractivity contribution in [3.8, 4) is 0 Å². The summed E-state index contributed by atoms with van der Waals surface area (Å²) in [5, 5.41) is 2.74. The number of nitrogens with two attached hydrogens (primary N) is 1. The van der Waals surface area contributed by atoms with Gasteiger partial charge in [-0.15, -0.1) is 0 Å². The molecule has 0 heterocycles. The van der Waals surface area contributed by atoms with Crippen LogP contribution in [0.4, 0.5) is 9.18 Å². The van der Waals surface area contributed by atoms with Crippen molar-refractivity contribution in [2.45, 2.75) is 26.4 Å². The zero-order chi connectivity index (χ0) is 13.5. The molecule has 17 heavy (non-hydrogen) atoms. The molecule has 0 aromatic carbocycles. The molecule has 0 fully saturated rings. The number of ether oxygens (including phenoxy) is 1. The molecule has 0 atom stereocenters. The van der Waals surface area contributed by atoms with Crippen LogP contribution in [-0.2, 0) is 4.74 Å². The lowest BCUT2D eigenvalue weighted by Crippen LogP contribution is -2.48. The Bertz CT molecular complexity index is 269. The highest BCUT2D eigenvalue weighted by atomic mass is 32.1. The fourth-order valence-corrected chi connectivity index (χ4v) is 1.24. The first kappa shape index (κ1) is 16.1. The molecular formula is C10H20FN3O2S. The zero-order valence-corrected chi connectivity index (χ0v) is 11.3. The number of carbonyl (C=O) groups excluding carboxylic acids is 1. The van der Waals surface area contributed by atoms with E-state index >= 15 is 0 Å². The first-order valence-corrected chi connectivity index (χ1v) is 5.77.